The number of aliphatic hydroxyl groups excluding tert-OH is 11. The van der Waals surface area contributed by atoms with Gasteiger partial charge in [-0.2, -0.15) is 0 Å². The molecule has 524 valence electrons. The lowest BCUT2D eigenvalue weighted by Gasteiger charge is -2.50. The number of carbonyl (C=O) groups excluding carboxylic acids is 2. The summed E-state index contributed by atoms with van der Waals surface area (Å²) >= 11 is 0. The number of carboxylic acids is 1. The number of carbonyl (C=O) groups is 3. The Labute approximate surface area is 536 Å². The van der Waals surface area contributed by atoms with E-state index in [1.807, 2.05) is 6.08 Å². The van der Waals surface area contributed by atoms with E-state index >= 15 is 0 Å². The molecular formula is C67H120N2O21. The molecule has 14 N–H and O–H groups in total. The Morgan fingerprint density at radius 1 is 0.589 bits per heavy atom. The van der Waals surface area contributed by atoms with Crippen molar-refractivity contribution in [2.24, 2.45) is 0 Å². The van der Waals surface area contributed by atoms with Gasteiger partial charge in [0.05, 0.1) is 50.7 Å². The van der Waals surface area contributed by atoms with Gasteiger partial charge in [0.25, 0.3) is 5.79 Å². The molecule has 0 spiro atoms. The molecule has 0 aromatic rings. The molecule has 0 aromatic heterocycles. The van der Waals surface area contributed by atoms with E-state index in [1.54, 1.807) is 6.08 Å². The van der Waals surface area contributed by atoms with Crippen LogP contribution in [0.3, 0.4) is 0 Å². The van der Waals surface area contributed by atoms with Crippen molar-refractivity contribution >= 4 is 17.8 Å². The molecular weight excluding hydrogens is 1170 g/mol. The molecule has 3 heterocycles. The van der Waals surface area contributed by atoms with Crippen molar-refractivity contribution in [2.45, 2.75) is 342 Å². The molecule has 3 aliphatic rings. The Bertz CT molecular complexity index is 1970. The van der Waals surface area contributed by atoms with Crippen molar-refractivity contribution in [3.63, 3.8) is 0 Å². The number of aliphatic carboxylic acids is 1. The highest BCUT2D eigenvalue weighted by Gasteiger charge is 2.60. The van der Waals surface area contributed by atoms with Gasteiger partial charge in [-0.3, -0.25) is 9.59 Å². The average molecular weight is 1290 g/mol. The minimum atomic E-state index is -3.08. The van der Waals surface area contributed by atoms with Crippen molar-refractivity contribution < 1.29 is 104 Å². The summed E-state index contributed by atoms with van der Waals surface area (Å²) < 4.78 is 34.8. The molecule has 0 aliphatic carbocycles. The number of hydrogen-bond donors (Lipinski definition) is 14. The number of nitrogens with one attached hydrogen (secondary N) is 2. The zero-order valence-electron chi connectivity index (χ0n) is 54.5. The average Bonchev–Trinajstić information content (AvgIpc) is 1.10. The molecule has 0 radical (unpaired) electrons. The van der Waals surface area contributed by atoms with Crippen molar-refractivity contribution in [1.82, 2.24) is 10.6 Å². The zero-order valence-corrected chi connectivity index (χ0v) is 54.5. The molecule has 18 atom stereocenters. The number of aliphatic hydroxyl groups is 11. The number of rotatable bonds is 51. The number of hydrogen-bond acceptors (Lipinski definition) is 20. The minimum absolute atomic E-state index is 0.195. The Hall–Kier alpha value is -3.05. The Kier molecular flexibility index (Phi) is 43.1. The highest BCUT2D eigenvalue weighted by Crippen LogP contribution is 2.39. The van der Waals surface area contributed by atoms with Crippen LogP contribution in [0.4, 0.5) is 0 Å². The first-order valence-electron chi connectivity index (χ1n) is 34.4. The summed E-state index contributed by atoms with van der Waals surface area (Å²) in [6.07, 6.45) is 18.9. The monoisotopic (exact) mass is 1290 g/mol. The predicted molar refractivity (Wildman–Crippen MR) is 338 cm³/mol. The molecule has 23 nitrogen and oxygen atoms in total. The number of amides is 2. The van der Waals surface area contributed by atoms with Gasteiger partial charge in [0, 0.05) is 19.8 Å². The number of carboxylic acid groups (broad SMARTS) is 1. The van der Waals surface area contributed by atoms with E-state index in [0.717, 1.165) is 64.7 Å². The fraction of sp³-hybridized carbons (Fsp3) is 0.866. The van der Waals surface area contributed by atoms with E-state index in [2.05, 4.69) is 48.8 Å². The molecule has 3 fully saturated rings. The van der Waals surface area contributed by atoms with Crippen LogP contribution in [0.5, 0.6) is 0 Å². The summed E-state index contributed by atoms with van der Waals surface area (Å²) in [5.74, 6) is -6.15. The highest BCUT2D eigenvalue weighted by atomic mass is 16.8. The van der Waals surface area contributed by atoms with Crippen LogP contribution in [-0.4, -0.2) is 215 Å². The van der Waals surface area contributed by atoms with Crippen LogP contribution in [0.2, 0.25) is 0 Å². The summed E-state index contributed by atoms with van der Waals surface area (Å²) in [4.78, 5) is 38.5. The van der Waals surface area contributed by atoms with Crippen LogP contribution in [0, 0.1) is 0 Å². The van der Waals surface area contributed by atoms with Crippen molar-refractivity contribution in [1.29, 1.82) is 0 Å². The number of ether oxygens (including phenoxy) is 6. The quantitative estimate of drug-likeness (QED) is 0.0193. The van der Waals surface area contributed by atoms with Crippen LogP contribution < -0.4 is 10.6 Å². The Balaban J connectivity index is 1.61. The predicted octanol–water partition coefficient (Wildman–Crippen LogP) is 5.84. The van der Waals surface area contributed by atoms with Gasteiger partial charge in [-0.25, -0.2) is 4.79 Å². The maximum atomic E-state index is 13.4. The lowest BCUT2D eigenvalue weighted by Crippen LogP contribution is -2.70. The molecule has 0 aromatic carbocycles. The molecule has 3 aliphatic heterocycles. The topological polar surface area (TPSA) is 373 Å². The van der Waals surface area contributed by atoms with Crippen LogP contribution in [0.15, 0.2) is 36.5 Å². The van der Waals surface area contributed by atoms with E-state index in [4.69, 9.17) is 28.4 Å². The Morgan fingerprint density at radius 2 is 1.07 bits per heavy atom. The Morgan fingerprint density at radius 3 is 1.57 bits per heavy atom. The highest BCUT2D eigenvalue weighted by molar-refractivity contribution is 5.77. The molecule has 0 saturated carbocycles. The molecule has 2 amide bonds. The first-order chi connectivity index (χ1) is 43.4. The fourth-order valence-electron chi connectivity index (χ4n) is 11.8. The van der Waals surface area contributed by atoms with Crippen molar-refractivity contribution in [3.8, 4) is 0 Å². The van der Waals surface area contributed by atoms with Crippen LogP contribution in [0.25, 0.3) is 0 Å². The third kappa shape index (κ3) is 30.1. The number of unbranched alkanes of at least 4 members (excludes halogenated alkanes) is 28. The second-order valence-corrected chi connectivity index (χ2v) is 25.1. The first kappa shape index (κ1) is 81.2. The third-order valence-electron chi connectivity index (χ3n) is 17.3. The maximum absolute atomic E-state index is 13.4. The number of allylic oxidation sites excluding steroid dienone is 5. The standard InChI is InChI=1S/C67H120N2O21/c1-4-6-8-10-12-14-16-18-20-22-23-25-27-29-31-33-35-37-39-41-54(77)69-48(49(74)40-38-36-34-32-30-28-26-24-21-19-17-15-13-11-9-7-5-2)46-85-64-59(81)58(80)61(53(45-72)87-64)88-65-60(82)63(57(79)52(44-71)86-65)90-67(66(83)84)42-50(75)55(68-47(3)73)62(89-67)56(78)51(76)43-70/h12,14,16,18,38,40,48-53,55-65,70-72,74-76,78-82H,4-11,13,15,17,19-37,39,41-46H2,1-3H3,(H,68,73)(H,69,77)(H,83,84)/b14-12-,18-16-,40-38+. The smallest absolute Gasteiger partial charge is 0.364 e. The van der Waals surface area contributed by atoms with Gasteiger partial charge in [0.2, 0.25) is 11.8 Å². The van der Waals surface area contributed by atoms with Crippen molar-refractivity contribution in [3.05, 3.63) is 36.5 Å². The summed E-state index contributed by atoms with van der Waals surface area (Å²) in [5, 5.41) is 136. The summed E-state index contributed by atoms with van der Waals surface area (Å²) in [5.41, 5.74) is 0. The summed E-state index contributed by atoms with van der Waals surface area (Å²) in [6, 6.07) is -2.62. The van der Waals surface area contributed by atoms with Gasteiger partial charge >= 0.3 is 5.97 Å². The largest absolute Gasteiger partial charge is 0.477 e. The minimum Gasteiger partial charge on any atom is -0.477 e. The molecule has 3 saturated heterocycles. The molecule has 23 heteroatoms. The van der Waals surface area contributed by atoms with Gasteiger partial charge in [0.15, 0.2) is 12.6 Å². The van der Waals surface area contributed by atoms with Crippen LogP contribution in [-0.2, 0) is 42.8 Å². The molecule has 18 unspecified atom stereocenters. The van der Waals surface area contributed by atoms with Gasteiger partial charge < -0.3 is 100 Å². The first-order valence-corrected chi connectivity index (χ1v) is 34.4. The normalized spacial score (nSPS) is 28.8. The van der Waals surface area contributed by atoms with Gasteiger partial charge in [0.1, 0.15) is 67.1 Å². The third-order valence-corrected chi connectivity index (χ3v) is 17.3. The fourth-order valence-corrected chi connectivity index (χ4v) is 11.8. The SMILES string of the molecule is CCCCC/C=C\C=C/CCCCCCCCCCCCC(=O)NC(COC1OC(CO)C(OC2OC(CO)C(O)C(OC3(C(=O)O)CC(O)C(NC(C)=O)C(C(O)C(O)CO)O3)C2O)C(O)C1O)C(O)/C=C/CCCCCCCCCCCCCCCCC. The molecule has 0 bridgehead atoms. The van der Waals surface area contributed by atoms with E-state index in [0.29, 0.717) is 12.8 Å². The van der Waals surface area contributed by atoms with Crippen molar-refractivity contribution in [2.75, 3.05) is 26.4 Å². The van der Waals surface area contributed by atoms with Crippen LogP contribution >= 0.6 is 0 Å². The summed E-state index contributed by atoms with van der Waals surface area (Å²) in [7, 11) is 0. The summed E-state index contributed by atoms with van der Waals surface area (Å²) in [6.45, 7) is 2.10. The maximum Gasteiger partial charge on any atom is 0.364 e. The van der Waals surface area contributed by atoms with Gasteiger partial charge in [-0.1, -0.05) is 204 Å². The van der Waals surface area contributed by atoms with E-state index in [-0.39, 0.29) is 12.3 Å². The van der Waals surface area contributed by atoms with E-state index in [9.17, 15) is 75.7 Å². The second kappa shape index (κ2) is 47.8. The zero-order chi connectivity index (χ0) is 66.1. The molecule has 90 heavy (non-hydrogen) atoms. The van der Waals surface area contributed by atoms with Gasteiger partial charge in [-0.15, -0.1) is 0 Å². The second-order valence-electron chi connectivity index (χ2n) is 25.1. The lowest BCUT2D eigenvalue weighted by molar-refractivity contribution is -0.386. The van der Waals surface area contributed by atoms with Crippen LogP contribution in [0.1, 0.15) is 233 Å². The van der Waals surface area contributed by atoms with E-state index < -0.39 is 155 Å². The van der Waals surface area contributed by atoms with E-state index in [1.165, 1.54) is 128 Å². The van der Waals surface area contributed by atoms with Gasteiger partial charge in [-0.05, 0) is 44.9 Å². The lowest BCUT2D eigenvalue weighted by atomic mass is 9.88. The molecule has 3 rings (SSSR count).